The van der Waals surface area contributed by atoms with Crippen molar-refractivity contribution < 1.29 is 12.8 Å². The van der Waals surface area contributed by atoms with Gasteiger partial charge < -0.3 is 5.73 Å². The third-order valence-corrected chi connectivity index (χ3v) is 6.53. The van der Waals surface area contributed by atoms with E-state index in [-0.39, 0.29) is 16.5 Å². The van der Waals surface area contributed by atoms with Gasteiger partial charge in [-0.1, -0.05) is 13.8 Å². The summed E-state index contributed by atoms with van der Waals surface area (Å²) in [5, 5.41) is 0. The minimum atomic E-state index is -3.83. The van der Waals surface area contributed by atoms with E-state index in [1.165, 1.54) is 10.4 Å². The minimum Gasteiger partial charge on any atom is -0.398 e. The Balaban J connectivity index is 2.38. The predicted octanol–water partition coefficient (Wildman–Crippen LogP) is 2.84. The number of piperidine rings is 1. The second-order valence-electron chi connectivity index (χ2n) is 5.41. The van der Waals surface area contributed by atoms with E-state index in [4.69, 9.17) is 5.73 Å². The second-order valence-corrected chi connectivity index (χ2v) is 8.17. The third kappa shape index (κ3) is 2.84. The molecule has 1 aromatic rings. The van der Waals surface area contributed by atoms with Gasteiger partial charge in [0.05, 0.1) is 0 Å². The molecule has 2 N–H and O–H groups in total. The SMILES string of the molecule is CC1CCN(S(=O)(=O)c2cc(N)c(Br)cc2F)CC1C. The molecular formula is C13H18BrFN2O2S. The minimum absolute atomic E-state index is 0.211. The molecule has 20 heavy (non-hydrogen) atoms. The summed E-state index contributed by atoms with van der Waals surface area (Å²) in [6, 6.07) is 2.27. The molecule has 1 saturated heterocycles. The number of anilines is 1. The highest BCUT2D eigenvalue weighted by Gasteiger charge is 2.33. The Morgan fingerprint density at radius 2 is 2.00 bits per heavy atom. The van der Waals surface area contributed by atoms with Crippen molar-refractivity contribution in [3.05, 3.63) is 22.4 Å². The first kappa shape index (κ1) is 15.7. The van der Waals surface area contributed by atoms with E-state index >= 15 is 0 Å². The van der Waals surface area contributed by atoms with Gasteiger partial charge in [0.15, 0.2) is 0 Å². The number of hydrogen-bond acceptors (Lipinski definition) is 3. The van der Waals surface area contributed by atoms with Crippen LogP contribution in [-0.4, -0.2) is 25.8 Å². The molecule has 112 valence electrons. The van der Waals surface area contributed by atoms with Gasteiger partial charge in [0.2, 0.25) is 10.0 Å². The average Bonchev–Trinajstić information content (AvgIpc) is 2.36. The lowest BCUT2D eigenvalue weighted by atomic mass is 9.90. The zero-order valence-electron chi connectivity index (χ0n) is 11.4. The molecule has 4 nitrogen and oxygen atoms in total. The monoisotopic (exact) mass is 364 g/mol. The van der Waals surface area contributed by atoms with Crippen LogP contribution in [0, 0.1) is 17.7 Å². The maximum absolute atomic E-state index is 14.0. The Morgan fingerprint density at radius 1 is 1.35 bits per heavy atom. The molecule has 1 aliphatic rings. The highest BCUT2D eigenvalue weighted by Crippen LogP contribution is 2.31. The lowest BCUT2D eigenvalue weighted by Crippen LogP contribution is -2.42. The van der Waals surface area contributed by atoms with Gasteiger partial charge in [0.25, 0.3) is 0 Å². The molecule has 0 radical (unpaired) electrons. The Morgan fingerprint density at radius 3 is 2.60 bits per heavy atom. The van der Waals surface area contributed by atoms with Crippen molar-refractivity contribution in [3.8, 4) is 0 Å². The van der Waals surface area contributed by atoms with Crippen LogP contribution in [0.1, 0.15) is 20.3 Å². The molecule has 2 unspecified atom stereocenters. The number of benzene rings is 1. The van der Waals surface area contributed by atoms with Crippen molar-refractivity contribution in [2.45, 2.75) is 25.2 Å². The Bertz CT molecular complexity index is 621. The Labute approximate surface area is 127 Å². The molecule has 2 atom stereocenters. The van der Waals surface area contributed by atoms with Gasteiger partial charge >= 0.3 is 0 Å². The van der Waals surface area contributed by atoms with Gasteiger partial charge in [-0.05, 0) is 46.3 Å². The highest BCUT2D eigenvalue weighted by atomic mass is 79.9. The van der Waals surface area contributed by atoms with E-state index in [1.54, 1.807) is 0 Å². The number of hydrogen-bond donors (Lipinski definition) is 1. The zero-order valence-corrected chi connectivity index (χ0v) is 13.8. The van der Waals surface area contributed by atoms with Crippen LogP contribution in [0.3, 0.4) is 0 Å². The molecule has 0 amide bonds. The van der Waals surface area contributed by atoms with Crippen LogP contribution in [0.25, 0.3) is 0 Å². The normalized spacial score (nSPS) is 24.8. The number of nitrogens with two attached hydrogens (primary N) is 1. The molecule has 1 fully saturated rings. The second kappa shape index (κ2) is 5.61. The van der Waals surface area contributed by atoms with Crippen molar-refractivity contribution in [2.75, 3.05) is 18.8 Å². The Hall–Kier alpha value is -0.660. The maximum Gasteiger partial charge on any atom is 0.246 e. The largest absolute Gasteiger partial charge is 0.398 e. The molecule has 0 bridgehead atoms. The van der Waals surface area contributed by atoms with Crippen LogP contribution in [0.5, 0.6) is 0 Å². The molecule has 0 spiro atoms. The van der Waals surface area contributed by atoms with Crippen LogP contribution in [0.4, 0.5) is 10.1 Å². The number of rotatable bonds is 2. The van der Waals surface area contributed by atoms with E-state index in [0.29, 0.717) is 23.5 Å². The summed E-state index contributed by atoms with van der Waals surface area (Å²) in [4.78, 5) is -0.347. The van der Waals surface area contributed by atoms with Gasteiger partial charge in [0, 0.05) is 23.2 Å². The summed E-state index contributed by atoms with van der Waals surface area (Å²) < 4.78 is 40.7. The summed E-state index contributed by atoms with van der Waals surface area (Å²) in [6.45, 7) is 4.95. The summed E-state index contributed by atoms with van der Waals surface area (Å²) in [6.07, 6.45) is 0.786. The molecule has 0 saturated carbocycles. The molecule has 2 rings (SSSR count). The fourth-order valence-corrected chi connectivity index (χ4v) is 4.28. The van der Waals surface area contributed by atoms with Crippen LogP contribution < -0.4 is 5.73 Å². The van der Waals surface area contributed by atoms with Crippen molar-refractivity contribution in [2.24, 2.45) is 11.8 Å². The first-order valence-electron chi connectivity index (χ1n) is 6.48. The molecular weight excluding hydrogens is 347 g/mol. The van der Waals surface area contributed by atoms with E-state index in [1.807, 2.05) is 6.92 Å². The molecule has 7 heteroatoms. The first-order chi connectivity index (χ1) is 9.23. The Kier molecular flexibility index (Phi) is 4.41. The van der Waals surface area contributed by atoms with Crippen molar-refractivity contribution in [3.63, 3.8) is 0 Å². The van der Waals surface area contributed by atoms with Crippen LogP contribution in [0.15, 0.2) is 21.5 Å². The van der Waals surface area contributed by atoms with Crippen molar-refractivity contribution in [1.82, 2.24) is 4.31 Å². The van der Waals surface area contributed by atoms with Crippen LogP contribution in [-0.2, 0) is 10.0 Å². The lowest BCUT2D eigenvalue weighted by Gasteiger charge is -2.34. The third-order valence-electron chi connectivity index (χ3n) is 3.97. The van der Waals surface area contributed by atoms with E-state index in [0.717, 1.165) is 12.5 Å². The van der Waals surface area contributed by atoms with Crippen LogP contribution in [0.2, 0.25) is 0 Å². The first-order valence-corrected chi connectivity index (χ1v) is 8.71. The smallest absolute Gasteiger partial charge is 0.246 e. The average molecular weight is 365 g/mol. The van der Waals surface area contributed by atoms with Gasteiger partial charge in [-0.15, -0.1) is 0 Å². The summed E-state index contributed by atoms with van der Waals surface area (Å²) in [7, 11) is -3.83. The fraction of sp³-hybridized carbons (Fsp3) is 0.538. The number of sulfonamides is 1. The maximum atomic E-state index is 14.0. The van der Waals surface area contributed by atoms with E-state index in [2.05, 4.69) is 22.9 Å². The van der Waals surface area contributed by atoms with Gasteiger partial charge in [0.1, 0.15) is 10.7 Å². The molecule has 0 aromatic heterocycles. The van der Waals surface area contributed by atoms with Gasteiger partial charge in [-0.25, -0.2) is 12.8 Å². The number of nitrogens with zero attached hydrogens (tertiary/aromatic N) is 1. The quantitative estimate of drug-likeness (QED) is 0.820. The van der Waals surface area contributed by atoms with Gasteiger partial charge in [-0.3, -0.25) is 0 Å². The number of halogens is 2. The summed E-state index contributed by atoms with van der Waals surface area (Å²) in [5.41, 5.74) is 5.88. The lowest BCUT2D eigenvalue weighted by molar-refractivity contribution is 0.212. The molecule has 1 heterocycles. The van der Waals surface area contributed by atoms with Gasteiger partial charge in [-0.2, -0.15) is 4.31 Å². The molecule has 1 aromatic carbocycles. The zero-order chi connectivity index (χ0) is 15.1. The number of nitrogen functional groups attached to an aromatic ring is 1. The fourth-order valence-electron chi connectivity index (χ4n) is 2.32. The highest BCUT2D eigenvalue weighted by molar-refractivity contribution is 9.10. The molecule has 0 aliphatic carbocycles. The predicted molar refractivity (Wildman–Crippen MR) is 80.2 cm³/mol. The topological polar surface area (TPSA) is 63.4 Å². The molecule has 1 aliphatic heterocycles. The van der Waals surface area contributed by atoms with Crippen molar-refractivity contribution in [1.29, 1.82) is 0 Å². The standard InChI is InChI=1S/C13H18BrFN2O2S/c1-8-3-4-17(7-9(8)2)20(18,19)13-6-12(16)10(14)5-11(13)15/h5-6,8-9H,3-4,7,16H2,1-2H3. The summed E-state index contributed by atoms with van der Waals surface area (Å²) in [5.74, 6) is -0.0481. The van der Waals surface area contributed by atoms with E-state index in [9.17, 15) is 12.8 Å². The van der Waals surface area contributed by atoms with E-state index < -0.39 is 15.8 Å². The van der Waals surface area contributed by atoms with Crippen molar-refractivity contribution >= 4 is 31.6 Å². The van der Waals surface area contributed by atoms with Crippen LogP contribution >= 0.6 is 15.9 Å². The summed E-state index contributed by atoms with van der Waals surface area (Å²) >= 11 is 3.09.